The van der Waals surface area contributed by atoms with Gasteiger partial charge in [0, 0.05) is 34.1 Å². The van der Waals surface area contributed by atoms with Gasteiger partial charge in [-0.1, -0.05) is 11.6 Å². The van der Waals surface area contributed by atoms with Crippen LogP contribution in [0.4, 0.5) is 4.39 Å². The fraction of sp³-hybridized carbons (Fsp3) is 0. The van der Waals surface area contributed by atoms with Crippen molar-refractivity contribution in [2.45, 2.75) is 0 Å². The summed E-state index contributed by atoms with van der Waals surface area (Å²) in [6, 6.07) is 19.6. The summed E-state index contributed by atoms with van der Waals surface area (Å²) in [6.07, 6.45) is 3.47. The topological polar surface area (TPSA) is 26.0 Å². The van der Waals surface area contributed by atoms with Gasteiger partial charge in [-0.25, -0.2) is 4.39 Å². The average molecular weight is 350 g/mol. The first-order valence-corrected chi connectivity index (χ1v) is 8.14. The van der Waals surface area contributed by atoms with Crippen LogP contribution in [0, 0.1) is 5.82 Å². The Hall–Kier alpha value is -2.91. The van der Waals surface area contributed by atoms with Crippen LogP contribution in [0.15, 0.2) is 83.5 Å². The van der Waals surface area contributed by atoms with Gasteiger partial charge < -0.3 is 4.42 Å². The van der Waals surface area contributed by atoms with Gasteiger partial charge in [0.15, 0.2) is 0 Å². The molecule has 0 atom stereocenters. The highest BCUT2D eigenvalue weighted by Crippen LogP contribution is 2.38. The SMILES string of the molecule is Fc1ccc(-c2oc(-c3ccc(Cl)cc3)cc2-c2ccncc2)cc1. The van der Waals surface area contributed by atoms with Crippen molar-refractivity contribution in [3.63, 3.8) is 0 Å². The summed E-state index contributed by atoms with van der Waals surface area (Å²) in [5.74, 6) is 1.14. The molecule has 2 aromatic heterocycles. The number of halogens is 2. The number of furan rings is 1. The van der Waals surface area contributed by atoms with Gasteiger partial charge in [0.05, 0.1) is 0 Å². The van der Waals surface area contributed by atoms with E-state index in [-0.39, 0.29) is 5.82 Å². The molecule has 0 aliphatic rings. The molecule has 4 rings (SSSR count). The molecule has 0 amide bonds. The molecule has 0 fully saturated rings. The van der Waals surface area contributed by atoms with Crippen LogP contribution in [0.2, 0.25) is 5.02 Å². The summed E-state index contributed by atoms with van der Waals surface area (Å²) in [4.78, 5) is 4.06. The van der Waals surface area contributed by atoms with E-state index in [4.69, 9.17) is 16.0 Å². The normalized spacial score (nSPS) is 10.8. The van der Waals surface area contributed by atoms with Gasteiger partial charge in [0.1, 0.15) is 17.3 Å². The predicted octanol–water partition coefficient (Wildman–Crippen LogP) is 6.47. The fourth-order valence-corrected chi connectivity index (χ4v) is 2.84. The Morgan fingerprint density at radius 1 is 0.760 bits per heavy atom. The lowest BCUT2D eigenvalue weighted by Gasteiger charge is -2.03. The van der Waals surface area contributed by atoms with E-state index < -0.39 is 0 Å². The Balaban J connectivity index is 1.89. The van der Waals surface area contributed by atoms with Crippen molar-refractivity contribution in [1.29, 1.82) is 0 Å². The Bertz CT molecular complexity index is 993. The van der Waals surface area contributed by atoms with Crippen LogP contribution < -0.4 is 0 Å². The maximum Gasteiger partial charge on any atom is 0.142 e. The maximum atomic E-state index is 13.3. The summed E-state index contributed by atoms with van der Waals surface area (Å²) in [6.45, 7) is 0. The van der Waals surface area contributed by atoms with Crippen molar-refractivity contribution in [2.75, 3.05) is 0 Å². The molecule has 25 heavy (non-hydrogen) atoms. The lowest BCUT2D eigenvalue weighted by molar-refractivity contribution is 0.597. The average Bonchev–Trinajstić information content (AvgIpc) is 3.09. The Kier molecular flexibility index (Phi) is 4.08. The van der Waals surface area contributed by atoms with E-state index >= 15 is 0 Å². The Labute approximate surface area is 149 Å². The lowest BCUT2D eigenvalue weighted by Crippen LogP contribution is -1.81. The molecule has 0 spiro atoms. The van der Waals surface area contributed by atoms with Crippen LogP contribution in [0.1, 0.15) is 0 Å². The molecule has 0 saturated heterocycles. The highest BCUT2D eigenvalue weighted by Gasteiger charge is 2.16. The second kappa shape index (κ2) is 6.54. The summed E-state index contributed by atoms with van der Waals surface area (Å²) >= 11 is 5.97. The molecule has 0 aliphatic carbocycles. The quantitative estimate of drug-likeness (QED) is 0.423. The van der Waals surface area contributed by atoms with Gasteiger partial charge in [-0.2, -0.15) is 0 Å². The third kappa shape index (κ3) is 3.19. The number of benzene rings is 2. The fourth-order valence-electron chi connectivity index (χ4n) is 2.71. The van der Waals surface area contributed by atoms with Crippen molar-refractivity contribution in [3.8, 4) is 33.8 Å². The first kappa shape index (κ1) is 15.6. The van der Waals surface area contributed by atoms with Gasteiger partial charge in [-0.05, 0) is 72.3 Å². The first-order chi connectivity index (χ1) is 12.2. The predicted molar refractivity (Wildman–Crippen MR) is 97.8 cm³/mol. The minimum Gasteiger partial charge on any atom is -0.455 e. The van der Waals surface area contributed by atoms with Crippen molar-refractivity contribution in [1.82, 2.24) is 4.98 Å². The second-order valence-electron chi connectivity index (χ2n) is 5.60. The maximum absolute atomic E-state index is 13.3. The van der Waals surface area contributed by atoms with Gasteiger partial charge in [-0.15, -0.1) is 0 Å². The zero-order valence-electron chi connectivity index (χ0n) is 13.1. The van der Waals surface area contributed by atoms with Crippen molar-refractivity contribution in [2.24, 2.45) is 0 Å². The van der Waals surface area contributed by atoms with Crippen LogP contribution in [-0.2, 0) is 0 Å². The smallest absolute Gasteiger partial charge is 0.142 e. The molecule has 0 bridgehead atoms. The van der Waals surface area contributed by atoms with Crippen molar-refractivity contribution in [3.05, 3.63) is 90.0 Å². The van der Waals surface area contributed by atoms with Crippen LogP contribution >= 0.6 is 11.6 Å². The zero-order chi connectivity index (χ0) is 17.2. The van der Waals surface area contributed by atoms with E-state index in [1.165, 1.54) is 12.1 Å². The number of nitrogens with zero attached hydrogens (tertiary/aromatic N) is 1. The molecule has 0 unspecified atom stereocenters. The highest BCUT2D eigenvalue weighted by molar-refractivity contribution is 6.30. The Morgan fingerprint density at radius 3 is 2.08 bits per heavy atom. The number of hydrogen-bond donors (Lipinski definition) is 0. The van der Waals surface area contributed by atoms with E-state index in [1.54, 1.807) is 24.5 Å². The molecular weight excluding hydrogens is 337 g/mol. The summed E-state index contributed by atoms with van der Waals surface area (Å²) in [7, 11) is 0. The summed E-state index contributed by atoms with van der Waals surface area (Å²) in [5.41, 5.74) is 3.65. The van der Waals surface area contributed by atoms with Crippen LogP contribution in [0.3, 0.4) is 0 Å². The molecule has 0 aliphatic heterocycles. The third-order valence-corrected chi connectivity index (χ3v) is 4.21. The standard InChI is InChI=1S/C21H13ClFNO/c22-17-5-1-15(2-6-17)20-13-19(14-9-11-24-12-10-14)21(25-20)16-3-7-18(23)8-4-16/h1-13H. The number of hydrogen-bond acceptors (Lipinski definition) is 2. The van der Waals surface area contributed by atoms with E-state index in [2.05, 4.69) is 4.98 Å². The number of aromatic nitrogens is 1. The number of pyridine rings is 1. The minimum absolute atomic E-state index is 0.279. The van der Waals surface area contributed by atoms with Gasteiger partial charge in [0.2, 0.25) is 0 Å². The summed E-state index contributed by atoms with van der Waals surface area (Å²) in [5, 5.41) is 0.670. The number of rotatable bonds is 3. The van der Waals surface area contributed by atoms with Crippen LogP contribution in [0.25, 0.3) is 33.8 Å². The molecule has 2 aromatic carbocycles. The van der Waals surface area contributed by atoms with E-state index in [1.807, 2.05) is 42.5 Å². The minimum atomic E-state index is -0.279. The second-order valence-corrected chi connectivity index (χ2v) is 6.04. The monoisotopic (exact) mass is 349 g/mol. The highest BCUT2D eigenvalue weighted by atomic mass is 35.5. The zero-order valence-corrected chi connectivity index (χ0v) is 13.9. The largest absolute Gasteiger partial charge is 0.455 e. The third-order valence-electron chi connectivity index (χ3n) is 3.96. The molecule has 4 aromatic rings. The first-order valence-electron chi connectivity index (χ1n) is 7.77. The van der Waals surface area contributed by atoms with Gasteiger partial charge in [0.25, 0.3) is 0 Å². The summed E-state index contributed by atoms with van der Waals surface area (Å²) < 4.78 is 19.4. The molecule has 0 N–H and O–H groups in total. The molecule has 4 heteroatoms. The molecule has 0 radical (unpaired) electrons. The van der Waals surface area contributed by atoms with E-state index in [0.29, 0.717) is 10.8 Å². The van der Waals surface area contributed by atoms with Crippen LogP contribution in [-0.4, -0.2) is 4.98 Å². The van der Waals surface area contributed by atoms with Gasteiger partial charge >= 0.3 is 0 Å². The molecule has 2 nitrogen and oxygen atoms in total. The van der Waals surface area contributed by atoms with Crippen molar-refractivity contribution < 1.29 is 8.81 Å². The Morgan fingerprint density at radius 2 is 1.40 bits per heavy atom. The molecule has 122 valence electrons. The van der Waals surface area contributed by atoms with Crippen molar-refractivity contribution >= 4 is 11.6 Å². The van der Waals surface area contributed by atoms with Gasteiger partial charge in [-0.3, -0.25) is 4.98 Å². The lowest BCUT2D eigenvalue weighted by atomic mass is 10.0. The molecule has 2 heterocycles. The van der Waals surface area contributed by atoms with Crippen LogP contribution in [0.5, 0.6) is 0 Å². The van der Waals surface area contributed by atoms with E-state index in [9.17, 15) is 4.39 Å². The molecular formula is C21H13ClFNO. The molecule has 0 saturated carbocycles. The van der Waals surface area contributed by atoms with E-state index in [0.717, 1.165) is 28.0 Å².